The summed E-state index contributed by atoms with van der Waals surface area (Å²) in [4.78, 5) is 4.39. The van der Waals surface area contributed by atoms with Crippen molar-refractivity contribution in [2.75, 3.05) is 25.5 Å². The van der Waals surface area contributed by atoms with Gasteiger partial charge in [0.1, 0.15) is 0 Å². The molecule has 1 atom stereocenters. The second kappa shape index (κ2) is 5.64. The maximum absolute atomic E-state index is 12.2. The van der Waals surface area contributed by atoms with Gasteiger partial charge in [-0.15, -0.1) is 11.3 Å². The lowest BCUT2D eigenvalue weighted by Crippen LogP contribution is -2.44. The van der Waals surface area contributed by atoms with Crippen molar-refractivity contribution in [1.29, 1.82) is 0 Å². The van der Waals surface area contributed by atoms with Crippen LogP contribution in [0.2, 0.25) is 0 Å². The third kappa shape index (κ3) is 2.90. The summed E-state index contributed by atoms with van der Waals surface area (Å²) < 4.78 is 31.4. The summed E-state index contributed by atoms with van der Waals surface area (Å²) in [6.45, 7) is 5.07. The van der Waals surface area contributed by atoms with Crippen LogP contribution < -0.4 is 0 Å². The minimum Gasteiger partial charge on any atom is -0.378 e. The van der Waals surface area contributed by atoms with Crippen LogP contribution in [-0.4, -0.2) is 43.2 Å². The molecule has 1 aromatic heterocycles. The number of aromatic nitrogens is 1. The molecule has 0 radical (unpaired) electrons. The van der Waals surface area contributed by atoms with E-state index in [-0.39, 0.29) is 11.8 Å². The first-order chi connectivity index (χ1) is 8.54. The minimum atomic E-state index is -3.20. The molecule has 2 heterocycles. The second-order valence-electron chi connectivity index (χ2n) is 4.31. The number of sulfonamides is 1. The van der Waals surface area contributed by atoms with Crippen molar-refractivity contribution >= 4 is 21.4 Å². The average molecular weight is 290 g/mol. The molecule has 18 heavy (non-hydrogen) atoms. The van der Waals surface area contributed by atoms with Gasteiger partial charge >= 0.3 is 0 Å². The molecule has 1 aliphatic heterocycles. The lowest BCUT2D eigenvalue weighted by atomic mass is 10.2. The third-order valence-corrected chi connectivity index (χ3v) is 5.74. The summed E-state index contributed by atoms with van der Waals surface area (Å²) in [6, 6.07) is -0.264. The molecule has 1 aliphatic rings. The predicted octanol–water partition coefficient (Wildman–Crippen LogP) is 1.56. The normalized spacial score (nSPS) is 22.2. The van der Waals surface area contributed by atoms with Crippen molar-refractivity contribution in [3.63, 3.8) is 0 Å². The van der Waals surface area contributed by atoms with Crippen molar-refractivity contribution in [3.05, 3.63) is 16.1 Å². The molecule has 0 amide bonds. The summed E-state index contributed by atoms with van der Waals surface area (Å²) in [5.41, 5.74) is 0.803. The second-order valence-corrected chi connectivity index (χ2v) is 7.41. The molecule has 1 aromatic rings. The van der Waals surface area contributed by atoms with Gasteiger partial charge in [-0.25, -0.2) is 13.4 Å². The first-order valence-corrected chi connectivity index (χ1v) is 8.52. The molecule has 0 saturated carbocycles. The Morgan fingerprint density at radius 3 is 3.00 bits per heavy atom. The fourth-order valence-corrected chi connectivity index (χ4v) is 4.38. The maximum Gasteiger partial charge on any atom is 0.214 e. The summed E-state index contributed by atoms with van der Waals surface area (Å²) >= 11 is 1.54. The lowest BCUT2D eigenvalue weighted by molar-refractivity contribution is 0.0308. The topological polar surface area (TPSA) is 59.5 Å². The molecule has 0 N–H and O–H groups in total. The number of hydrogen-bond donors (Lipinski definition) is 0. The summed E-state index contributed by atoms with van der Waals surface area (Å²) in [7, 11) is -3.20. The zero-order valence-corrected chi connectivity index (χ0v) is 12.3. The van der Waals surface area contributed by atoms with E-state index >= 15 is 0 Å². The Balaban J connectivity index is 2.26. The van der Waals surface area contributed by atoms with E-state index in [0.29, 0.717) is 26.2 Å². The lowest BCUT2D eigenvalue weighted by Gasteiger charge is -2.33. The van der Waals surface area contributed by atoms with Gasteiger partial charge in [0.05, 0.1) is 35.7 Å². The molecular formula is C11H18N2O3S2. The number of hydrogen-bond acceptors (Lipinski definition) is 5. The van der Waals surface area contributed by atoms with Crippen LogP contribution in [0, 0.1) is 6.92 Å². The van der Waals surface area contributed by atoms with Crippen LogP contribution in [0.5, 0.6) is 0 Å². The highest BCUT2D eigenvalue weighted by Gasteiger charge is 2.34. The molecule has 1 fully saturated rings. The molecule has 0 aliphatic carbocycles. The van der Waals surface area contributed by atoms with Crippen molar-refractivity contribution in [1.82, 2.24) is 9.29 Å². The van der Waals surface area contributed by atoms with E-state index in [4.69, 9.17) is 4.74 Å². The highest BCUT2D eigenvalue weighted by molar-refractivity contribution is 7.89. The van der Waals surface area contributed by atoms with E-state index in [0.717, 1.165) is 10.7 Å². The third-order valence-electron chi connectivity index (χ3n) is 2.88. The van der Waals surface area contributed by atoms with Crippen LogP contribution in [0.4, 0.5) is 0 Å². The Bertz CT molecular complexity index is 498. The predicted molar refractivity (Wildman–Crippen MR) is 71.2 cm³/mol. The molecular weight excluding hydrogens is 272 g/mol. The molecule has 7 heteroatoms. The Morgan fingerprint density at radius 1 is 1.61 bits per heavy atom. The van der Waals surface area contributed by atoms with Crippen molar-refractivity contribution in [2.24, 2.45) is 0 Å². The number of ether oxygens (including phenoxy) is 1. The van der Waals surface area contributed by atoms with Crippen LogP contribution in [0.25, 0.3) is 0 Å². The van der Waals surface area contributed by atoms with Gasteiger partial charge in [0.2, 0.25) is 10.0 Å². The van der Waals surface area contributed by atoms with Crippen LogP contribution >= 0.6 is 11.3 Å². The standard InChI is InChI=1S/C11H18N2O3S2/c1-3-6-18(14,15)13-4-5-16-7-11(13)10-8-17-9(2)12-10/h8,11H,3-7H2,1-2H3. The Labute approximate surface area is 112 Å². The quantitative estimate of drug-likeness (QED) is 0.844. The fourth-order valence-electron chi connectivity index (χ4n) is 2.06. The molecule has 102 valence electrons. The Morgan fingerprint density at radius 2 is 2.39 bits per heavy atom. The molecule has 0 aromatic carbocycles. The summed E-state index contributed by atoms with van der Waals surface area (Å²) in [5, 5.41) is 2.87. The van der Waals surface area contributed by atoms with Gasteiger partial charge < -0.3 is 4.74 Å². The van der Waals surface area contributed by atoms with Gasteiger partial charge in [0.15, 0.2) is 0 Å². The van der Waals surface area contributed by atoms with Gasteiger partial charge in [-0.1, -0.05) is 6.92 Å². The van der Waals surface area contributed by atoms with Crippen LogP contribution in [0.1, 0.15) is 30.1 Å². The van der Waals surface area contributed by atoms with Gasteiger partial charge in [-0.05, 0) is 13.3 Å². The van der Waals surface area contributed by atoms with Gasteiger partial charge in [0, 0.05) is 11.9 Å². The van der Waals surface area contributed by atoms with Crippen LogP contribution in [-0.2, 0) is 14.8 Å². The summed E-state index contributed by atoms with van der Waals surface area (Å²) in [5.74, 6) is 0.187. The minimum absolute atomic E-state index is 0.187. The number of morpholine rings is 1. The Hall–Kier alpha value is -0.500. The first-order valence-electron chi connectivity index (χ1n) is 6.04. The molecule has 5 nitrogen and oxygen atoms in total. The summed E-state index contributed by atoms with van der Waals surface area (Å²) in [6.07, 6.45) is 0.627. The van der Waals surface area contributed by atoms with Crippen LogP contribution in [0.3, 0.4) is 0 Å². The molecule has 1 saturated heterocycles. The maximum atomic E-state index is 12.2. The Kier molecular flexibility index (Phi) is 4.37. The SMILES string of the molecule is CCCS(=O)(=O)N1CCOCC1c1csc(C)n1. The van der Waals surface area contributed by atoms with Gasteiger partial charge in [-0.2, -0.15) is 4.31 Å². The van der Waals surface area contributed by atoms with E-state index < -0.39 is 10.0 Å². The van der Waals surface area contributed by atoms with Crippen LogP contribution in [0.15, 0.2) is 5.38 Å². The van der Waals surface area contributed by atoms with Crippen molar-refractivity contribution in [3.8, 4) is 0 Å². The zero-order chi connectivity index (χ0) is 13.2. The highest BCUT2D eigenvalue weighted by Crippen LogP contribution is 2.28. The largest absolute Gasteiger partial charge is 0.378 e. The van der Waals surface area contributed by atoms with Crippen molar-refractivity contribution < 1.29 is 13.2 Å². The van der Waals surface area contributed by atoms with Gasteiger partial charge in [0.25, 0.3) is 0 Å². The smallest absolute Gasteiger partial charge is 0.214 e. The number of rotatable bonds is 4. The molecule has 0 spiro atoms. The monoisotopic (exact) mass is 290 g/mol. The number of thiazole rings is 1. The zero-order valence-electron chi connectivity index (χ0n) is 10.6. The first kappa shape index (κ1) is 13.9. The van der Waals surface area contributed by atoms with E-state index in [2.05, 4.69) is 4.98 Å². The van der Waals surface area contributed by atoms with Crippen molar-refractivity contribution in [2.45, 2.75) is 26.3 Å². The van der Waals surface area contributed by atoms with E-state index in [1.165, 1.54) is 11.3 Å². The number of aryl methyl sites for hydroxylation is 1. The van der Waals surface area contributed by atoms with E-state index in [9.17, 15) is 8.42 Å². The molecule has 0 bridgehead atoms. The molecule has 1 unspecified atom stereocenters. The van der Waals surface area contributed by atoms with E-state index in [1.54, 1.807) is 4.31 Å². The number of nitrogens with zero attached hydrogens (tertiary/aromatic N) is 2. The highest BCUT2D eigenvalue weighted by atomic mass is 32.2. The van der Waals surface area contributed by atoms with E-state index in [1.807, 2.05) is 19.2 Å². The molecule has 2 rings (SSSR count). The average Bonchev–Trinajstić information content (AvgIpc) is 2.76. The van der Waals surface area contributed by atoms with Gasteiger partial charge in [-0.3, -0.25) is 0 Å². The fraction of sp³-hybridized carbons (Fsp3) is 0.727.